The molecule has 0 aliphatic carbocycles. The molecule has 4 unspecified atom stereocenters. The third kappa shape index (κ3) is 14.6. The van der Waals surface area contributed by atoms with E-state index in [0.717, 1.165) is 38.5 Å². The van der Waals surface area contributed by atoms with Gasteiger partial charge in [0.15, 0.2) is 12.6 Å². The largest absolute Gasteiger partial charge is 0.356 e. The monoisotopic (exact) mass is 422 g/mol. The zero-order valence-electron chi connectivity index (χ0n) is 18.1. The third-order valence-electron chi connectivity index (χ3n) is 4.57. The van der Waals surface area contributed by atoms with E-state index in [4.69, 9.17) is 37.4 Å². The maximum absolute atomic E-state index is 6.16. The molecule has 0 fully saturated rings. The lowest BCUT2D eigenvalue weighted by atomic mass is 9.99. The summed E-state index contributed by atoms with van der Waals surface area (Å²) in [6.07, 6.45) is 9.50. The summed E-state index contributed by atoms with van der Waals surface area (Å²) < 4.78 is 17.2. The molecule has 0 radical (unpaired) electrons. The Hall–Kier alpha value is -0.0600. The van der Waals surface area contributed by atoms with Crippen molar-refractivity contribution >= 4 is 23.2 Å². The van der Waals surface area contributed by atoms with Crippen molar-refractivity contribution in [2.45, 2.75) is 78.8 Å². The molecule has 0 aromatic carbocycles. The van der Waals surface area contributed by atoms with Gasteiger partial charge in [-0.1, -0.05) is 23.3 Å². The van der Waals surface area contributed by atoms with Crippen LogP contribution in [0, 0.1) is 11.8 Å². The molecule has 4 atom stereocenters. The first-order valence-electron chi connectivity index (χ1n) is 9.95. The van der Waals surface area contributed by atoms with E-state index in [0.29, 0.717) is 23.6 Å². The van der Waals surface area contributed by atoms with Gasteiger partial charge in [0.1, 0.15) is 0 Å². The van der Waals surface area contributed by atoms with Crippen molar-refractivity contribution in [1.82, 2.24) is 0 Å². The topological polar surface area (TPSA) is 27.7 Å². The Balaban J connectivity index is 4.58. The Kier molecular flexibility index (Phi) is 16.8. The lowest BCUT2D eigenvalue weighted by molar-refractivity contribution is -0.238. The normalized spacial score (nSPS) is 15.7. The second kappa shape index (κ2) is 16.9. The second-order valence-electron chi connectivity index (χ2n) is 7.70. The van der Waals surface area contributed by atoms with E-state index in [9.17, 15) is 0 Å². The van der Waals surface area contributed by atoms with Crippen LogP contribution in [0.25, 0.3) is 0 Å². The van der Waals surface area contributed by atoms with Crippen LogP contribution < -0.4 is 0 Å². The first-order valence-corrected chi connectivity index (χ1v) is 11.0. The summed E-state index contributed by atoms with van der Waals surface area (Å²) in [4.78, 5) is 0. The molecule has 0 saturated carbocycles. The van der Waals surface area contributed by atoms with Gasteiger partial charge in [-0.25, -0.2) is 0 Å². The van der Waals surface area contributed by atoms with Crippen molar-refractivity contribution in [3.8, 4) is 0 Å². The van der Waals surface area contributed by atoms with Gasteiger partial charge < -0.3 is 14.2 Å². The van der Waals surface area contributed by atoms with E-state index in [1.807, 2.05) is 0 Å². The molecule has 3 nitrogen and oxygen atoms in total. The average molecular weight is 423 g/mol. The highest BCUT2D eigenvalue weighted by Crippen LogP contribution is 2.23. The minimum atomic E-state index is -0.320. The van der Waals surface area contributed by atoms with Crippen LogP contribution in [0.4, 0.5) is 0 Å². The van der Waals surface area contributed by atoms with Gasteiger partial charge >= 0.3 is 0 Å². The van der Waals surface area contributed by atoms with E-state index >= 15 is 0 Å². The van der Waals surface area contributed by atoms with Crippen LogP contribution >= 0.6 is 23.2 Å². The highest BCUT2D eigenvalue weighted by Gasteiger charge is 2.22. The van der Waals surface area contributed by atoms with Crippen LogP contribution in [-0.4, -0.2) is 38.6 Å². The Morgan fingerprint density at radius 1 is 0.741 bits per heavy atom. The summed E-state index contributed by atoms with van der Waals surface area (Å²) >= 11 is 12.3. The fraction of sp³-hybridized carbons (Fsp3) is 0.818. The number of methoxy groups -OCH3 is 2. The molecular formula is C22H40Cl2O3. The van der Waals surface area contributed by atoms with Crippen molar-refractivity contribution in [3.63, 3.8) is 0 Å². The highest BCUT2D eigenvalue weighted by atomic mass is 35.5. The zero-order chi connectivity index (χ0) is 20.7. The predicted octanol–water partition coefficient (Wildman–Crippen LogP) is 6.93. The van der Waals surface area contributed by atoms with Crippen LogP contribution in [0.1, 0.15) is 66.2 Å². The van der Waals surface area contributed by atoms with Crippen molar-refractivity contribution in [2.24, 2.45) is 11.8 Å². The molecule has 0 heterocycles. The molecule has 0 aromatic rings. The lowest BCUT2D eigenvalue weighted by Crippen LogP contribution is -2.29. The predicted molar refractivity (Wildman–Crippen MR) is 118 cm³/mol. The summed E-state index contributed by atoms with van der Waals surface area (Å²) in [7, 11) is 3.35. The molecule has 0 aliphatic rings. The smallest absolute Gasteiger partial charge is 0.160 e. The van der Waals surface area contributed by atoms with E-state index < -0.39 is 0 Å². The van der Waals surface area contributed by atoms with Gasteiger partial charge in [0.2, 0.25) is 0 Å². The average Bonchev–Trinajstić information content (AvgIpc) is 2.63. The lowest BCUT2D eigenvalue weighted by Gasteiger charge is -2.27. The van der Waals surface area contributed by atoms with Gasteiger partial charge in [-0.2, -0.15) is 0 Å². The maximum atomic E-state index is 6.16. The number of allylic oxidation sites excluding steroid dienone is 4. The molecule has 0 amide bonds. The Morgan fingerprint density at radius 2 is 1.11 bits per heavy atom. The summed E-state index contributed by atoms with van der Waals surface area (Å²) in [5, 5.41) is 0. The minimum absolute atomic E-state index is 0.320. The Labute approximate surface area is 177 Å². The SMILES string of the molecule is COC(CC(CCl)CCC=C(C)C)OC(CC(CCl)CCC=C(C)C)OC. The van der Waals surface area contributed by atoms with Gasteiger partial charge in [-0.15, -0.1) is 23.2 Å². The zero-order valence-corrected chi connectivity index (χ0v) is 19.6. The molecule has 27 heavy (non-hydrogen) atoms. The van der Waals surface area contributed by atoms with E-state index in [-0.39, 0.29) is 12.6 Å². The number of rotatable bonds is 16. The summed E-state index contributed by atoms with van der Waals surface area (Å²) in [6.45, 7) is 8.46. The van der Waals surface area contributed by atoms with Gasteiger partial charge in [-0.05, 0) is 65.2 Å². The molecule has 160 valence electrons. The molecule has 5 heteroatoms. The summed E-state index contributed by atoms with van der Waals surface area (Å²) in [5.41, 5.74) is 2.67. The van der Waals surface area contributed by atoms with Crippen molar-refractivity contribution < 1.29 is 14.2 Å². The first kappa shape index (κ1) is 26.9. The molecule has 0 N–H and O–H groups in total. The third-order valence-corrected chi connectivity index (χ3v) is 5.45. The number of hydrogen-bond donors (Lipinski definition) is 0. The van der Waals surface area contributed by atoms with Crippen LogP contribution in [-0.2, 0) is 14.2 Å². The Bertz CT molecular complexity index is 378. The van der Waals surface area contributed by atoms with Gasteiger partial charge in [0.25, 0.3) is 0 Å². The quantitative estimate of drug-likeness (QED) is 0.153. The fourth-order valence-electron chi connectivity index (χ4n) is 2.86. The molecule has 0 saturated heterocycles. The first-order chi connectivity index (χ1) is 12.9. The van der Waals surface area contributed by atoms with Crippen molar-refractivity contribution in [1.29, 1.82) is 0 Å². The Morgan fingerprint density at radius 3 is 1.37 bits per heavy atom. The number of alkyl halides is 2. The maximum Gasteiger partial charge on any atom is 0.160 e. The summed E-state index contributed by atoms with van der Waals surface area (Å²) in [6, 6.07) is 0. The van der Waals surface area contributed by atoms with Gasteiger partial charge in [-0.3, -0.25) is 0 Å². The molecule has 0 bridgehead atoms. The minimum Gasteiger partial charge on any atom is -0.356 e. The molecular weight excluding hydrogens is 383 g/mol. The second-order valence-corrected chi connectivity index (χ2v) is 8.31. The van der Waals surface area contributed by atoms with E-state index in [1.165, 1.54) is 11.1 Å². The van der Waals surface area contributed by atoms with Crippen molar-refractivity contribution in [3.05, 3.63) is 23.3 Å². The van der Waals surface area contributed by atoms with Crippen LogP contribution in [0.2, 0.25) is 0 Å². The molecule has 0 aromatic heterocycles. The number of hydrogen-bond acceptors (Lipinski definition) is 3. The van der Waals surface area contributed by atoms with E-state index in [1.54, 1.807) is 14.2 Å². The molecule has 0 rings (SSSR count). The highest BCUT2D eigenvalue weighted by molar-refractivity contribution is 6.18. The fourth-order valence-corrected chi connectivity index (χ4v) is 3.42. The van der Waals surface area contributed by atoms with Crippen molar-refractivity contribution in [2.75, 3.05) is 26.0 Å². The van der Waals surface area contributed by atoms with Gasteiger partial charge in [0, 0.05) is 38.8 Å². The molecule has 0 spiro atoms. The molecule has 0 aliphatic heterocycles. The standard InChI is InChI=1S/C22H40Cl2O3/c1-17(2)9-7-11-19(15-23)13-21(25-5)27-22(26-6)14-20(16-24)12-8-10-18(3)4/h9-10,19-22H,7-8,11-16H2,1-6H3. The van der Waals surface area contributed by atoms with Crippen LogP contribution in [0.5, 0.6) is 0 Å². The number of halogens is 2. The number of ether oxygens (including phenoxy) is 3. The van der Waals surface area contributed by atoms with E-state index in [2.05, 4.69) is 39.8 Å². The van der Waals surface area contributed by atoms with Crippen LogP contribution in [0.15, 0.2) is 23.3 Å². The van der Waals surface area contributed by atoms with Gasteiger partial charge in [0.05, 0.1) is 0 Å². The van der Waals surface area contributed by atoms with Crippen LogP contribution in [0.3, 0.4) is 0 Å². The summed E-state index contributed by atoms with van der Waals surface area (Å²) in [5.74, 6) is 1.91.